The van der Waals surface area contributed by atoms with Crippen molar-refractivity contribution in [3.63, 3.8) is 0 Å². The van der Waals surface area contributed by atoms with E-state index in [2.05, 4.69) is 27.0 Å². The average molecular weight is 373 g/mol. The van der Waals surface area contributed by atoms with Gasteiger partial charge in [-0.3, -0.25) is 4.79 Å². The fourth-order valence-corrected chi connectivity index (χ4v) is 4.45. The SMILES string of the molecule is CCOCCCC(=O)N(Cc1ccsc1)C1CC12CCNCC2.Cl. The van der Waals surface area contributed by atoms with Crippen molar-refractivity contribution in [1.29, 1.82) is 0 Å². The summed E-state index contributed by atoms with van der Waals surface area (Å²) in [6, 6.07) is 2.59. The van der Waals surface area contributed by atoms with Crippen LogP contribution in [-0.4, -0.2) is 43.2 Å². The van der Waals surface area contributed by atoms with Gasteiger partial charge in [0.2, 0.25) is 5.91 Å². The highest BCUT2D eigenvalue weighted by Gasteiger charge is 2.57. The summed E-state index contributed by atoms with van der Waals surface area (Å²) in [5.41, 5.74) is 1.67. The molecule has 3 rings (SSSR count). The molecule has 1 saturated carbocycles. The lowest BCUT2D eigenvalue weighted by Crippen LogP contribution is -2.39. The van der Waals surface area contributed by atoms with Crippen LogP contribution in [0, 0.1) is 5.41 Å². The van der Waals surface area contributed by atoms with Crippen molar-refractivity contribution in [3.8, 4) is 0 Å². The zero-order valence-electron chi connectivity index (χ0n) is 14.5. The molecule has 24 heavy (non-hydrogen) atoms. The number of halogens is 1. The molecule has 136 valence electrons. The Hall–Kier alpha value is -0.620. The Bertz CT molecular complexity index is 503. The van der Waals surface area contributed by atoms with Gasteiger partial charge in [0, 0.05) is 32.2 Å². The normalized spacial score (nSPS) is 21.3. The van der Waals surface area contributed by atoms with Gasteiger partial charge >= 0.3 is 0 Å². The molecule has 2 aliphatic rings. The van der Waals surface area contributed by atoms with Crippen molar-refractivity contribution in [2.45, 2.75) is 51.6 Å². The number of carbonyl (C=O) groups excluding carboxylic acids is 1. The number of nitrogens with zero attached hydrogens (tertiary/aromatic N) is 1. The number of thiophene rings is 1. The van der Waals surface area contributed by atoms with Gasteiger partial charge in [0.15, 0.2) is 0 Å². The molecule has 2 heterocycles. The van der Waals surface area contributed by atoms with E-state index >= 15 is 0 Å². The summed E-state index contributed by atoms with van der Waals surface area (Å²) in [5.74, 6) is 0.302. The van der Waals surface area contributed by atoms with Crippen molar-refractivity contribution in [2.75, 3.05) is 26.3 Å². The van der Waals surface area contributed by atoms with Crippen molar-refractivity contribution in [1.82, 2.24) is 10.2 Å². The van der Waals surface area contributed by atoms with E-state index in [4.69, 9.17) is 4.74 Å². The molecule has 0 bridgehead atoms. The van der Waals surface area contributed by atoms with E-state index in [0.717, 1.165) is 32.7 Å². The lowest BCUT2D eigenvalue weighted by molar-refractivity contribution is -0.133. The van der Waals surface area contributed by atoms with Gasteiger partial charge in [0.1, 0.15) is 0 Å². The smallest absolute Gasteiger partial charge is 0.223 e. The maximum atomic E-state index is 12.8. The highest BCUT2D eigenvalue weighted by molar-refractivity contribution is 7.07. The van der Waals surface area contributed by atoms with Crippen LogP contribution < -0.4 is 5.32 Å². The summed E-state index contributed by atoms with van der Waals surface area (Å²) in [4.78, 5) is 15.0. The maximum Gasteiger partial charge on any atom is 0.223 e. The Balaban J connectivity index is 0.00000208. The van der Waals surface area contributed by atoms with Crippen LogP contribution in [0.15, 0.2) is 16.8 Å². The maximum absolute atomic E-state index is 12.8. The molecule has 1 unspecified atom stereocenters. The Morgan fingerprint density at radius 3 is 2.92 bits per heavy atom. The highest BCUT2D eigenvalue weighted by Crippen LogP contribution is 2.56. The van der Waals surface area contributed by atoms with Crippen LogP contribution in [0.5, 0.6) is 0 Å². The molecule has 1 aromatic rings. The zero-order chi connectivity index (χ0) is 16.1. The number of amides is 1. The molecule has 1 aromatic heterocycles. The predicted octanol–water partition coefficient (Wildman–Crippen LogP) is 3.46. The average Bonchev–Trinajstić information content (AvgIpc) is 2.99. The van der Waals surface area contributed by atoms with Crippen LogP contribution in [0.25, 0.3) is 0 Å². The number of piperidine rings is 1. The fourth-order valence-electron chi connectivity index (χ4n) is 3.79. The molecule has 4 nitrogen and oxygen atoms in total. The molecule has 1 N–H and O–H groups in total. The summed E-state index contributed by atoms with van der Waals surface area (Å²) in [7, 11) is 0. The third-order valence-corrected chi connectivity index (χ3v) is 5.99. The standard InChI is InChI=1S/C18H28N2O2S.ClH/c1-2-22-10-3-4-17(21)20(13-15-5-11-23-14-15)16-12-18(16)6-8-19-9-7-18;/h5,11,14,16,19H,2-4,6-10,12-13H2,1H3;1H. The third-order valence-electron chi connectivity index (χ3n) is 5.26. The van der Waals surface area contributed by atoms with Crippen molar-refractivity contribution >= 4 is 29.7 Å². The minimum Gasteiger partial charge on any atom is -0.382 e. The molecule has 0 radical (unpaired) electrons. The summed E-state index contributed by atoms with van der Waals surface area (Å²) in [5, 5.41) is 7.71. The molecule has 1 amide bonds. The van der Waals surface area contributed by atoms with Crippen LogP contribution in [0.4, 0.5) is 0 Å². The quantitative estimate of drug-likeness (QED) is 0.710. The lowest BCUT2D eigenvalue weighted by atomic mass is 9.93. The number of hydrogen-bond acceptors (Lipinski definition) is 4. The summed E-state index contributed by atoms with van der Waals surface area (Å²) >= 11 is 1.71. The zero-order valence-corrected chi connectivity index (χ0v) is 16.1. The number of nitrogens with one attached hydrogen (secondary N) is 1. The Morgan fingerprint density at radius 2 is 2.25 bits per heavy atom. The molecule has 1 saturated heterocycles. The van der Waals surface area contributed by atoms with Crippen LogP contribution in [0.2, 0.25) is 0 Å². The lowest BCUT2D eigenvalue weighted by Gasteiger charge is -2.29. The number of hydrogen-bond donors (Lipinski definition) is 1. The van der Waals surface area contributed by atoms with E-state index < -0.39 is 0 Å². The number of ether oxygens (including phenoxy) is 1. The first kappa shape index (κ1) is 19.7. The molecule has 0 aromatic carbocycles. The van der Waals surface area contributed by atoms with E-state index in [1.165, 1.54) is 24.8 Å². The van der Waals surface area contributed by atoms with E-state index in [1.807, 2.05) is 6.92 Å². The first-order valence-corrected chi connectivity index (χ1v) is 9.78. The van der Waals surface area contributed by atoms with Crippen LogP contribution in [-0.2, 0) is 16.1 Å². The van der Waals surface area contributed by atoms with Gasteiger partial charge in [-0.1, -0.05) is 0 Å². The first-order chi connectivity index (χ1) is 11.2. The van der Waals surface area contributed by atoms with Gasteiger partial charge in [-0.05, 0) is 73.5 Å². The minimum atomic E-state index is 0. The molecule has 1 aliphatic heterocycles. The van der Waals surface area contributed by atoms with Crippen LogP contribution >= 0.6 is 23.7 Å². The summed E-state index contributed by atoms with van der Waals surface area (Å²) < 4.78 is 5.38. The van der Waals surface area contributed by atoms with Crippen LogP contribution in [0.3, 0.4) is 0 Å². The summed E-state index contributed by atoms with van der Waals surface area (Å²) in [6.07, 6.45) is 5.05. The topological polar surface area (TPSA) is 41.6 Å². The van der Waals surface area contributed by atoms with E-state index in [1.54, 1.807) is 11.3 Å². The molecule has 1 aliphatic carbocycles. The predicted molar refractivity (Wildman–Crippen MR) is 101 cm³/mol. The Kier molecular flexibility index (Phi) is 7.54. The van der Waals surface area contributed by atoms with Crippen molar-refractivity contribution in [2.24, 2.45) is 5.41 Å². The van der Waals surface area contributed by atoms with Gasteiger partial charge in [0.25, 0.3) is 0 Å². The largest absolute Gasteiger partial charge is 0.382 e. The van der Waals surface area contributed by atoms with E-state index in [9.17, 15) is 4.79 Å². The van der Waals surface area contributed by atoms with Gasteiger partial charge in [0.05, 0.1) is 0 Å². The third kappa shape index (κ3) is 4.72. The van der Waals surface area contributed by atoms with Crippen molar-refractivity contribution < 1.29 is 9.53 Å². The van der Waals surface area contributed by atoms with E-state index in [-0.39, 0.29) is 12.4 Å². The second-order valence-electron chi connectivity index (χ2n) is 6.79. The van der Waals surface area contributed by atoms with Gasteiger partial charge in [-0.25, -0.2) is 0 Å². The monoisotopic (exact) mass is 372 g/mol. The minimum absolute atomic E-state index is 0. The first-order valence-electron chi connectivity index (χ1n) is 8.84. The van der Waals surface area contributed by atoms with Gasteiger partial charge < -0.3 is 15.0 Å². The molecule has 1 atom stereocenters. The second kappa shape index (κ2) is 9.18. The van der Waals surface area contributed by atoms with E-state index in [0.29, 0.717) is 30.4 Å². The second-order valence-corrected chi connectivity index (χ2v) is 7.57. The van der Waals surface area contributed by atoms with Gasteiger partial charge in [-0.2, -0.15) is 11.3 Å². The molecule has 6 heteroatoms. The van der Waals surface area contributed by atoms with Crippen LogP contribution in [0.1, 0.15) is 44.6 Å². The van der Waals surface area contributed by atoms with Gasteiger partial charge in [-0.15, -0.1) is 12.4 Å². The molecular weight excluding hydrogens is 344 g/mol. The number of rotatable bonds is 8. The number of carbonyl (C=O) groups is 1. The Labute approximate surface area is 155 Å². The highest BCUT2D eigenvalue weighted by atomic mass is 35.5. The van der Waals surface area contributed by atoms with Crippen molar-refractivity contribution in [3.05, 3.63) is 22.4 Å². The molecule has 2 fully saturated rings. The molecular formula is C18H29ClN2O2S. The summed E-state index contributed by atoms with van der Waals surface area (Å²) in [6.45, 7) is 6.38. The fraction of sp³-hybridized carbons (Fsp3) is 0.722. The molecule has 1 spiro atoms. The Morgan fingerprint density at radius 1 is 1.46 bits per heavy atom.